The van der Waals surface area contributed by atoms with Gasteiger partial charge in [-0.15, -0.1) is 0 Å². The molecule has 0 radical (unpaired) electrons. The molecule has 1 aliphatic heterocycles. The maximum absolute atomic E-state index is 13.3. The van der Waals surface area contributed by atoms with Gasteiger partial charge in [-0.25, -0.2) is 0 Å². The maximum atomic E-state index is 13.3. The van der Waals surface area contributed by atoms with Gasteiger partial charge in [0.2, 0.25) is 0 Å². The number of ether oxygens (including phenoxy) is 1. The first-order valence-electron chi connectivity index (χ1n) is 11.1. The van der Waals surface area contributed by atoms with Gasteiger partial charge in [0.25, 0.3) is 11.7 Å². The van der Waals surface area contributed by atoms with E-state index in [1.54, 1.807) is 36.3 Å². The Morgan fingerprint density at radius 3 is 2.50 bits per heavy atom. The van der Waals surface area contributed by atoms with Crippen molar-refractivity contribution in [3.05, 3.63) is 65.9 Å². The number of carbonyl (C=O) groups excluding carboxylic acids is 2. The highest BCUT2D eigenvalue weighted by molar-refractivity contribution is 6.51. The minimum Gasteiger partial charge on any atom is -0.507 e. The number of fused-ring (bicyclic) bond motifs is 1. The third-order valence-corrected chi connectivity index (χ3v) is 6.76. The molecule has 1 aromatic heterocycles. The molecule has 3 aromatic rings. The normalized spacial score (nSPS) is 21.4. The van der Waals surface area contributed by atoms with E-state index >= 15 is 0 Å². The van der Waals surface area contributed by atoms with Gasteiger partial charge in [0.1, 0.15) is 11.5 Å². The van der Waals surface area contributed by atoms with Crippen LogP contribution in [-0.2, 0) is 9.59 Å². The summed E-state index contributed by atoms with van der Waals surface area (Å²) in [5.41, 5.74) is 2.37. The van der Waals surface area contributed by atoms with Gasteiger partial charge in [0.15, 0.2) is 0 Å². The molecule has 0 spiro atoms. The van der Waals surface area contributed by atoms with Crippen LogP contribution in [0.3, 0.4) is 0 Å². The lowest BCUT2D eigenvalue weighted by Crippen LogP contribution is -2.40. The lowest BCUT2D eigenvalue weighted by Gasteiger charge is -2.34. The number of aliphatic hydroxyl groups excluding tert-OH is 1. The fraction of sp³-hybridized carbons (Fsp3) is 0.308. The zero-order valence-corrected chi connectivity index (χ0v) is 18.0. The Kier molecular flexibility index (Phi) is 5.21. The van der Waals surface area contributed by atoms with Crippen LogP contribution in [0.15, 0.2) is 60.3 Å². The summed E-state index contributed by atoms with van der Waals surface area (Å²) in [5, 5.41) is 12.2. The van der Waals surface area contributed by atoms with E-state index in [9.17, 15) is 14.7 Å². The molecular formula is C26H26N2O4. The third kappa shape index (κ3) is 3.36. The highest BCUT2D eigenvalue weighted by atomic mass is 16.5. The van der Waals surface area contributed by atoms with Crippen LogP contribution in [0.5, 0.6) is 5.75 Å². The Balaban J connectivity index is 1.64. The topological polar surface area (TPSA) is 82.6 Å². The van der Waals surface area contributed by atoms with Crippen LogP contribution < -0.4 is 9.64 Å². The van der Waals surface area contributed by atoms with Crippen LogP contribution in [0.2, 0.25) is 0 Å². The molecule has 0 bridgehead atoms. The molecule has 1 saturated carbocycles. The van der Waals surface area contributed by atoms with Crippen molar-refractivity contribution in [3.8, 4) is 5.75 Å². The van der Waals surface area contributed by atoms with E-state index in [0.29, 0.717) is 17.0 Å². The lowest BCUT2D eigenvalue weighted by atomic mass is 9.80. The van der Waals surface area contributed by atoms with Gasteiger partial charge in [-0.05, 0) is 67.3 Å². The second-order valence-corrected chi connectivity index (χ2v) is 8.59. The number of benzene rings is 2. The molecule has 1 aliphatic carbocycles. The number of aromatic amines is 1. The lowest BCUT2D eigenvalue weighted by molar-refractivity contribution is -0.132. The van der Waals surface area contributed by atoms with E-state index in [4.69, 9.17) is 4.74 Å². The number of ketones is 1. The summed E-state index contributed by atoms with van der Waals surface area (Å²) in [6.07, 6.45) is 6.98. The Bertz CT molecular complexity index is 1200. The number of nitrogens with zero attached hydrogens (tertiary/aromatic N) is 1. The van der Waals surface area contributed by atoms with Crippen molar-refractivity contribution < 1.29 is 19.4 Å². The quantitative estimate of drug-likeness (QED) is 0.346. The average Bonchev–Trinajstić information content (AvgIpc) is 3.41. The molecule has 32 heavy (non-hydrogen) atoms. The van der Waals surface area contributed by atoms with Gasteiger partial charge in [0.05, 0.1) is 18.7 Å². The number of hydrogen-bond donors (Lipinski definition) is 2. The van der Waals surface area contributed by atoms with Crippen molar-refractivity contribution in [1.29, 1.82) is 0 Å². The molecule has 2 heterocycles. The van der Waals surface area contributed by atoms with E-state index in [0.717, 1.165) is 43.0 Å². The minimum absolute atomic E-state index is 0.119. The molecule has 1 atom stereocenters. The van der Waals surface area contributed by atoms with Gasteiger partial charge < -0.3 is 14.8 Å². The molecular weight excluding hydrogens is 404 g/mol. The predicted molar refractivity (Wildman–Crippen MR) is 124 cm³/mol. The number of carbonyl (C=O) groups is 2. The van der Waals surface area contributed by atoms with Crippen molar-refractivity contribution in [3.63, 3.8) is 0 Å². The molecule has 2 fully saturated rings. The zero-order valence-electron chi connectivity index (χ0n) is 18.0. The van der Waals surface area contributed by atoms with Gasteiger partial charge in [-0.2, -0.15) is 0 Å². The maximum Gasteiger partial charge on any atom is 0.299 e. The first-order chi connectivity index (χ1) is 15.6. The highest BCUT2D eigenvalue weighted by Gasteiger charge is 2.49. The van der Waals surface area contributed by atoms with E-state index in [-0.39, 0.29) is 17.3 Å². The molecule has 2 aromatic carbocycles. The largest absolute Gasteiger partial charge is 0.507 e. The highest BCUT2D eigenvalue weighted by Crippen LogP contribution is 2.41. The van der Waals surface area contributed by atoms with Crippen molar-refractivity contribution in [2.45, 2.75) is 38.1 Å². The third-order valence-electron chi connectivity index (χ3n) is 6.76. The number of aliphatic hydroxyl groups is 1. The molecule has 2 N–H and O–H groups in total. The Hall–Kier alpha value is -3.54. The van der Waals surface area contributed by atoms with E-state index in [1.807, 2.05) is 30.5 Å². The number of nitrogens with one attached hydrogen (secondary N) is 1. The van der Waals surface area contributed by atoms with Crippen molar-refractivity contribution >= 4 is 34.0 Å². The van der Waals surface area contributed by atoms with E-state index in [1.165, 1.54) is 0 Å². The number of hydrogen-bond acceptors (Lipinski definition) is 4. The summed E-state index contributed by atoms with van der Waals surface area (Å²) in [6.45, 7) is 0. The standard InChI is InChI=1S/C26H26N2O4/c1-32-20-10-7-17(8-11-20)24(29)22-23(16-5-3-2-4-6-16)28(26(31)25(22)30)19-9-12-21-18(15-19)13-14-27-21/h7-16,23,27,29H,2-6H2,1H3/b24-22-. The first-order valence-corrected chi connectivity index (χ1v) is 11.1. The van der Waals surface area contributed by atoms with Crippen LogP contribution >= 0.6 is 0 Å². The van der Waals surface area contributed by atoms with Gasteiger partial charge >= 0.3 is 0 Å². The number of anilines is 1. The fourth-order valence-corrected chi connectivity index (χ4v) is 5.13. The van der Waals surface area contributed by atoms with Crippen molar-refractivity contribution in [2.75, 3.05) is 12.0 Å². The molecule has 2 aliphatic rings. The molecule has 6 heteroatoms. The molecule has 1 saturated heterocycles. The Labute approximate surface area is 186 Å². The van der Waals surface area contributed by atoms with Crippen LogP contribution in [0.25, 0.3) is 16.7 Å². The minimum atomic E-state index is -0.622. The number of H-pyrrole nitrogens is 1. The number of methoxy groups -OCH3 is 1. The monoisotopic (exact) mass is 430 g/mol. The summed E-state index contributed by atoms with van der Waals surface area (Å²) in [7, 11) is 1.57. The van der Waals surface area contributed by atoms with Gasteiger partial charge in [-0.1, -0.05) is 19.3 Å². The number of Topliss-reactive ketones (excluding diaryl/α,β-unsaturated/α-hetero) is 1. The second-order valence-electron chi connectivity index (χ2n) is 8.59. The summed E-state index contributed by atoms with van der Waals surface area (Å²) in [6, 6.07) is 14.1. The number of rotatable bonds is 4. The van der Waals surface area contributed by atoms with Crippen molar-refractivity contribution in [2.24, 2.45) is 5.92 Å². The number of amides is 1. The Morgan fingerprint density at radius 1 is 1.03 bits per heavy atom. The van der Waals surface area contributed by atoms with Crippen LogP contribution in [0.1, 0.15) is 37.7 Å². The second kappa shape index (κ2) is 8.19. The SMILES string of the molecule is COc1ccc(/C(O)=C2/C(=O)C(=O)N(c3ccc4[nH]ccc4c3)C2C2CCCCC2)cc1. The molecule has 5 rings (SSSR count). The van der Waals surface area contributed by atoms with Gasteiger partial charge in [0, 0.05) is 28.4 Å². The average molecular weight is 431 g/mol. The molecule has 1 amide bonds. The van der Waals surface area contributed by atoms with E-state index in [2.05, 4.69) is 4.98 Å². The predicted octanol–water partition coefficient (Wildman–Crippen LogP) is 5.01. The summed E-state index contributed by atoms with van der Waals surface area (Å²) < 4.78 is 5.20. The Morgan fingerprint density at radius 2 is 1.78 bits per heavy atom. The van der Waals surface area contributed by atoms with Crippen molar-refractivity contribution in [1.82, 2.24) is 4.98 Å². The van der Waals surface area contributed by atoms with E-state index < -0.39 is 17.7 Å². The molecule has 1 unspecified atom stereocenters. The fourth-order valence-electron chi connectivity index (χ4n) is 5.13. The summed E-state index contributed by atoms with van der Waals surface area (Å²) in [4.78, 5) is 31.3. The zero-order chi connectivity index (χ0) is 22.2. The van der Waals surface area contributed by atoms with Crippen LogP contribution in [0, 0.1) is 5.92 Å². The molecule has 164 valence electrons. The molecule has 6 nitrogen and oxygen atoms in total. The summed E-state index contributed by atoms with van der Waals surface area (Å²) >= 11 is 0. The van der Waals surface area contributed by atoms with Gasteiger partial charge in [-0.3, -0.25) is 14.5 Å². The first kappa shape index (κ1) is 20.4. The van der Waals surface area contributed by atoms with Crippen LogP contribution in [-0.4, -0.2) is 34.9 Å². The smallest absolute Gasteiger partial charge is 0.299 e. The number of aromatic nitrogens is 1. The summed E-state index contributed by atoms with van der Waals surface area (Å²) in [5.74, 6) is -0.539. The van der Waals surface area contributed by atoms with Crippen LogP contribution in [0.4, 0.5) is 5.69 Å².